The molecule has 1 saturated heterocycles. The van der Waals surface area contributed by atoms with Crippen LogP contribution >= 0.6 is 15.9 Å². The molecule has 0 N–H and O–H groups in total. The Morgan fingerprint density at radius 1 is 1.86 bits per heavy atom. The fourth-order valence-electron chi connectivity index (χ4n) is 0.756. The Morgan fingerprint density at radius 2 is 2.57 bits per heavy atom. The van der Waals surface area contributed by atoms with Crippen LogP contribution in [0.1, 0.15) is 6.42 Å². The quantitative estimate of drug-likeness (QED) is 0.485. The van der Waals surface area contributed by atoms with Gasteiger partial charge >= 0.3 is 0 Å². The summed E-state index contributed by atoms with van der Waals surface area (Å²) in [6, 6.07) is 0. The van der Waals surface area contributed by atoms with Gasteiger partial charge < -0.3 is 4.90 Å². The highest BCUT2D eigenvalue weighted by Crippen LogP contribution is 2.17. The fourth-order valence-corrected chi connectivity index (χ4v) is 1.38. The molecule has 0 aromatic rings. The van der Waals surface area contributed by atoms with Gasteiger partial charge in [-0.15, -0.1) is 0 Å². The second-order valence-electron chi connectivity index (χ2n) is 1.96. The first kappa shape index (κ1) is 5.57. The molecule has 2 heteroatoms. The molecule has 0 spiro atoms. The van der Waals surface area contributed by atoms with Crippen molar-refractivity contribution in [2.45, 2.75) is 11.2 Å². The van der Waals surface area contributed by atoms with Crippen molar-refractivity contribution in [1.29, 1.82) is 0 Å². The van der Waals surface area contributed by atoms with E-state index in [0.29, 0.717) is 4.83 Å². The minimum absolute atomic E-state index is 0.706. The molecule has 0 saturated carbocycles. The van der Waals surface area contributed by atoms with E-state index >= 15 is 0 Å². The molecule has 1 atom stereocenters. The van der Waals surface area contributed by atoms with Gasteiger partial charge in [-0.05, 0) is 13.5 Å². The van der Waals surface area contributed by atoms with Gasteiger partial charge in [0.1, 0.15) is 0 Å². The summed E-state index contributed by atoms with van der Waals surface area (Å²) in [5.41, 5.74) is 0. The first-order valence-corrected chi connectivity index (χ1v) is 3.38. The SMILES string of the molecule is CN1[CH]CC(Br)C1. The summed E-state index contributed by atoms with van der Waals surface area (Å²) in [4.78, 5) is 2.91. The molecule has 1 heterocycles. The number of alkyl halides is 1. The van der Waals surface area contributed by atoms with E-state index in [0.717, 1.165) is 0 Å². The summed E-state index contributed by atoms with van der Waals surface area (Å²) in [6.45, 7) is 3.37. The molecule has 1 nitrogen and oxygen atoms in total. The van der Waals surface area contributed by atoms with Crippen LogP contribution in [0.5, 0.6) is 0 Å². The van der Waals surface area contributed by atoms with Gasteiger partial charge in [-0.25, -0.2) is 0 Å². The first-order valence-electron chi connectivity index (χ1n) is 2.46. The number of halogens is 1. The Balaban J connectivity index is 2.26. The molecule has 0 amide bonds. The topological polar surface area (TPSA) is 3.24 Å². The van der Waals surface area contributed by atoms with Crippen molar-refractivity contribution < 1.29 is 0 Å². The van der Waals surface area contributed by atoms with Crippen molar-refractivity contribution in [3.63, 3.8) is 0 Å². The van der Waals surface area contributed by atoms with Gasteiger partial charge in [0, 0.05) is 17.9 Å². The lowest BCUT2D eigenvalue weighted by atomic mass is 10.4. The van der Waals surface area contributed by atoms with E-state index in [1.54, 1.807) is 0 Å². The molecular weight excluding hydrogens is 154 g/mol. The van der Waals surface area contributed by atoms with Crippen molar-refractivity contribution in [1.82, 2.24) is 4.90 Å². The van der Waals surface area contributed by atoms with Gasteiger partial charge in [0.25, 0.3) is 0 Å². The van der Waals surface area contributed by atoms with Gasteiger partial charge in [0.15, 0.2) is 0 Å². The van der Waals surface area contributed by atoms with Gasteiger partial charge in [0.05, 0.1) is 0 Å². The third kappa shape index (κ3) is 1.42. The normalized spacial score (nSPS) is 34.3. The van der Waals surface area contributed by atoms with Crippen LogP contribution in [0, 0.1) is 6.54 Å². The number of likely N-dealkylation sites (tertiary alicyclic amines) is 1. The van der Waals surface area contributed by atoms with E-state index in [9.17, 15) is 0 Å². The monoisotopic (exact) mass is 162 g/mol. The summed E-state index contributed by atoms with van der Waals surface area (Å²) in [6.07, 6.45) is 1.19. The number of hydrogen-bond donors (Lipinski definition) is 0. The summed E-state index contributed by atoms with van der Waals surface area (Å²) < 4.78 is 0. The highest BCUT2D eigenvalue weighted by Gasteiger charge is 2.15. The van der Waals surface area contributed by atoms with Crippen LogP contribution in [0.4, 0.5) is 0 Å². The van der Waals surface area contributed by atoms with Gasteiger partial charge in [-0.2, -0.15) is 0 Å². The molecule has 1 fully saturated rings. The second kappa shape index (κ2) is 2.14. The molecule has 0 bridgehead atoms. The number of rotatable bonds is 0. The molecule has 1 radical (unpaired) electrons. The molecule has 1 unspecified atom stereocenters. The van der Waals surface area contributed by atoms with E-state index in [4.69, 9.17) is 0 Å². The Kier molecular flexibility index (Phi) is 1.70. The van der Waals surface area contributed by atoms with Gasteiger partial charge in [0.2, 0.25) is 0 Å². The number of hydrogen-bond acceptors (Lipinski definition) is 1. The lowest BCUT2D eigenvalue weighted by Gasteiger charge is -2.02. The molecular formula is C5H9BrN. The Bertz CT molecular complexity index is 57.1. The Hall–Kier alpha value is 0.440. The zero-order chi connectivity index (χ0) is 5.28. The predicted octanol–water partition coefficient (Wildman–Crippen LogP) is 1.25. The summed E-state index contributed by atoms with van der Waals surface area (Å²) in [5, 5.41) is 0. The first-order chi connectivity index (χ1) is 3.29. The standard InChI is InChI=1S/C5H9BrN/c1-7-3-2-5(6)4-7/h3,5H,2,4H2,1H3. The minimum atomic E-state index is 0.706. The van der Waals surface area contributed by atoms with Gasteiger partial charge in [-0.3, -0.25) is 0 Å². The smallest absolute Gasteiger partial charge is 0.0288 e. The van der Waals surface area contributed by atoms with Gasteiger partial charge in [-0.1, -0.05) is 15.9 Å². The minimum Gasteiger partial charge on any atom is -0.301 e. The Labute approximate surface area is 52.8 Å². The third-order valence-corrected chi connectivity index (χ3v) is 1.82. The molecule has 7 heavy (non-hydrogen) atoms. The van der Waals surface area contributed by atoms with Crippen LogP contribution in [-0.4, -0.2) is 23.3 Å². The Morgan fingerprint density at radius 3 is 2.71 bits per heavy atom. The zero-order valence-corrected chi connectivity index (χ0v) is 5.98. The van der Waals surface area contributed by atoms with Crippen LogP contribution in [-0.2, 0) is 0 Å². The summed E-state index contributed by atoms with van der Waals surface area (Å²) in [7, 11) is 2.10. The summed E-state index contributed by atoms with van der Waals surface area (Å²) in [5.74, 6) is 0. The van der Waals surface area contributed by atoms with Crippen LogP contribution in [0.15, 0.2) is 0 Å². The molecule has 0 aromatic carbocycles. The highest BCUT2D eigenvalue weighted by atomic mass is 79.9. The van der Waals surface area contributed by atoms with E-state index in [1.165, 1.54) is 13.0 Å². The van der Waals surface area contributed by atoms with Crippen LogP contribution in [0.2, 0.25) is 0 Å². The maximum absolute atomic E-state index is 3.51. The van der Waals surface area contributed by atoms with Crippen molar-refractivity contribution in [3.05, 3.63) is 6.54 Å². The maximum Gasteiger partial charge on any atom is 0.0288 e. The molecule has 1 aliphatic heterocycles. The average Bonchev–Trinajstić information content (AvgIpc) is 1.87. The fraction of sp³-hybridized carbons (Fsp3) is 0.800. The summed E-state index contributed by atoms with van der Waals surface area (Å²) >= 11 is 3.51. The number of nitrogens with zero attached hydrogens (tertiary/aromatic N) is 1. The lowest BCUT2D eigenvalue weighted by molar-refractivity contribution is 0.477. The molecule has 1 aliphatic rings. The second-order valence-corrected chi connectivity index (χ2v) is 3.25. The van der Waals surface area contributed by atoms with E-state index in [1.807, 2.05) is 0 Å². The third-order valence-electron chi connectivity index (χ3n) is 1.16. The predicted molar refractivity (Wildman–Crippen MR) is 34.3 cm³/mol. The maximum atomic E-state index is 3.51. The largest absolute Gasteiger partial charge is 0.301 e. The van der Waals surface area contributed by atoms with Crippen molar-refractivity contribution >= 4 is 15.9 Å². The lowest BCUT2D eigenvalue weighted by Crippen LogP contribution is -2.10. The van der Waals surface area contributed by atoms with E-state index in [-0.39, 0.29) is 0 Å². The van der Waals surface area contributed by atoms with E-state index in [2.05, 4.69) is 34.4 Å². The van der Waals surface area contributed by atoms with Crippen molar-refractivity contribution in [2.24, 2.45) is 0 Å². The average molecular weight is 163 g/mol. The molecule has 0 aromatic heterocycles. The van der Waals surface area contributed by atoms with Crippen LogP contribution in [0.3, 0.4) is 0 Å². The van der Waals surface area contributed by atoms with Crippen LogP contribution < -0.4 is 0 Å². The molecule has 1 rings (SSSR count). The van der Waals surface area contributed by atoms with Crippen molar-refractivity contribution in [2.75, 3.05) is 13.6 Å². The molecule has 0 aliphatic carbocycles. The van der Waals surface area contributed by atoms with Crippen LogP contribution in [0.25, 0.3) is 0 Å². The van der Waals surface area contributed by atoms with E-state index < -0.39 is 0 Å². The van der Waals surface area contributed by atoms with Crippen molar-refractivity contribution in [3.8, 4) is 0 Å². The zero-order valence-electron chi connectivity index (χ0n) is 4.39. The molecule has 41 valence electrons. The highest BCUT2D eigenvalue weighted by molar-refractivity contribution is 9.09.